The molecule has 2 aliphatic rings. The van der Waals surface area contributed by atoms with E-state index in [1.54, 1.807) is 0 Å². The molecular weight excluding hydrogens is 250 g/mol. The molecule has 2 heterocycles. The van der Waals surface area contributed by atoms with E-state index in [1.165, 1.54) is 25.7 Å². The Morgan fingerprint density at radius 2 is 1.83 bits per heavy atom. The van der Waals surface area contributed by atoms with Gasteiger partial charge in [0.15, 0.2) is 0 Å². The first-order chi connectivity index (χ1) is 8.27. The van der Waals surface area contributed by atoms with Gasteiger partial charge < -0.3 is 10.2 Å². The first-order valence-electron chi connectivity index (χ1n) is 7.00. The molecule has 0 aromatic heterocycles. The van der Waals surface area contributed by atoms with Crippen LogP contribution in [0, 0.1) is 0 Å². The first-order valence-corrected chi connectivity index (χ1v) is 7.00. The zero-order valence-corrected chi connectivity index (χ0v) is 12.2. The number of amides is 1. The van der Waals surface area contributed by atoms with Crippen molar-refractivity contribution < 1.29 is 4.79 Å². The molecule has 2 fully saturated rings. The Morgan fingerprint density at radius 3 is 2.44 bits per heavy atom. The standard InChI is InChI=1S/C13H25N3O.ClH/c1-12-10-14-6-9-16(12)11-13(17)15-7-4-2-3-5-8-15;/h12,14H,2-11H2,1H3;1H. The normalized spacial score (nSPS) is 26.3. The second-order valence-corrected chi connectivity index (χ2v) is 5.32. The lowest BCUT2D eigenvalue weighted by Gasteiger charge is -2.34. The Kier molecular flexibility index (Phi) is 6.97. The maximum Gasteiger partial charge on any atom is 0.236 e. The average Bonchev–Trinajstić information content (AvgIpc) is 2.61. The molecule has 0 aromatic carbocycles. The second-order valence-electron chi connectivity index (χ2n) is 5.32. The molecule has 4 nitrogen and oxygen atoms in total. The maximum atomic E-state index is 12.2. The highest BCUT2D eigenvalue weighted by atomic mass is 35.5. The monoisotopic (exact) mass is 275 g/mol. The lowest BCUT2D eigenvalue weighted by molar-refractivity contribution is -0.133. The van der Waals surface area contributed by atoms with E-state index in [4.69, 9.17) is 0 Å². The van der Waals surface area contributed by atoms with Gasteiger partial charge in [-0.3, -0.25) is 9.69 Å². The highest BCUT2D eigenvalue weighted by Crippen LogP contribution is 2.11. The number of carbonyl (C=O) groups excluding carboxylic acids is 1. The molecule has 0 aromatic rings. The topological polar surface area (TPSA) is 35.6 Å². The molecule has 0 spiro atoms. The average molecular weight is 276 g/mol. The third kappa shape index (κ3) is 4.41. The van der Waals surface area contributed by atoms with Crippen LogP contribution >= 0.6 is 12.4 Å². The van der Waals surface area contributed by atoms with Crippen LogP contribution < -0.4 is 5.32 Å². The Hall–Kier alpha value is -0.320. The molecule has 0 bridgehead atoms. The predicted octanol–water partition coefficient (Wildman–Crippen LogP) is 1.10. The number of rotatable bonds is 2. The van der Waals surface area contributed by atoms with Crippen molar-refractivity contribution in [3.05, 3.63) is 0 Å². The van der Waals surface area contributed by atoms with E-state index >= 15 is 0 Å². The summed E-state index contributed by atoms with van der Waals surface area (Å²) in [6.45, 7) is 7.77. The Balaban J connectivity index is 0.00000162. The van der Waals surface area contributed by atoms with Crippen LogP contribution in [-0.4, -0.2) is 61.0 Å². The van der Waals surface area contributed by atoms with Crippen molar-refractivity contribution in [3.8, 4) is 0 Å². The predicted molar refractivity (Wildman–Crippen MR) is 76.2 cm³/mol. The van der Waals surface area contributed by atoms with Crippen molar-refractivity contribution in [1.29, 1.82) is 0 Å². The van der Waals surface area contributed by atoms with Gasteiger partial charge >= 0.3 is 0 Å². The zero-order chi connectivity index (χ0) is 12.1. The lowest BCUT2D eigenvalue weighted by atomic mass is 10.2. The molecule has 2 rings (SSSR count). The van der Waals surface area contributed by atoms with Gasteiger partial charge in [0.1, 0.15) is 0 Å². The van der Waals surface area contributed by atoms with Gasteiger partial charge in [-0.2, -0.15) is 0 Å². The van der Waals surface area contributed by atoms with Gasteiger partial charge in [-0.1, -0.05) is 12.8 Å². The number of halogens is 1. The molecular formula is C13H26ClN3O. The Morgan fingerprint density at radius 1 is 1.17 bits per heavy atom. The molecule has 5 heteroatoms. The summed E-state index contributed by atoms with van der Waals surface area (Å²) >= 11 is 0. The summed E-state index contributed by atoms with van der Waals surface area (Å²) in [4.78, 5) is 16.6. The van der Waals surface area contributed by atoms with E-state index in [1.807, 2.05) is 0 Å². The maximum absolute atomic E-state index is 12.2. The first kappa shape index (κ1) is 15.7. The molecule has 1 N–H and O–H groups in total. The number of nitrogens with one attached hydrogen (secondary N) is 1. The Bertz CT molecular complexity index is 255. The highest BCUT2D eigenvalue weighted by molar-refractivity contribution is 5.85. The summed E-state index contributed by atoms with van der Waals surface area (Å²) in [6.07, 6.45) is 4.94. The number of likely N-dealkylation sites (tertiary alicyclic amines) is 1. The minimum Gasteiger partial charge on any atom is -0.342 e. The van der Waals surface area contributed by atoms with E-state index < -0.39 is 0 Å². The highest BCUT2D eigenvalue weighted by Gasteiger charge is 2.23. The van der Waals surface area contributed by atoms with Gasteiger partial charge in [0.2, 0.25) is 5.91 Å². The van der Waals surface area contributed by atoms with E-state index in [9.17, 15) is 4.79 Å². The third-order valence-electron chi connectivity index (χ3n) is 3.94. The zero-order valence-electron chi connectivity index (χ0n) is 11.4. The second kappa shape index (κ2) is 7.97. The van der Waals surface area contributed by atoms with E-state index in [0.717, 1.165) is 32.7 Å². The minimum absolute atomic E-state index is 0. The van der Waals surface area contributed by atoms with Crippen molar-refractivity contribution in [3.63, 3.8) is 0 Å². The Labute approximate surface area is 116 Å². The summed E-state index contributed by atoms with van der Waals surface area (Å²) in [5.41, 5.74) is 0. The van der Waals surface area contributed by atoms with E-state index in [-0.39, 0.29) is 12.4 Å². The van der Waals surface area contributed by atoms with Crippen molar-refractivity contribution in [2.75, 3.05) is 39.3 Å². The number of hydrogen-bond donors (Lipinski definition) is 1. The van der Waals surface area contributed by atoms with Crippen LogP contribution in [0.1, 0.15) is 32.6 Å². The molecule has 18 heavy (non-hydrogen) atoms. The molecule has 2 saturated heterocycles. The van der Waals surface area contributed by atoms with Gasteiger partial charge in [0, 0.05) is 38.8 Å². The van der Waals surface area contributed by atoms with Crippen LogP contribution in [0.4, 0.5) is 0 Å². The summed E-state index contributed by atoms with van der Waals surface area (Å²) in [7, 11) is 0. The molecule has 0 saturated carbocycles. The van der Waals surface area contributed by atoms with Crippen LogP contribution in [0.25, 0.3) is 0 Å². The van der Waals surface area contributed by atoms with Crippen molar-refractivity contribution >= 4 is 18.3 Å². The molecule has 1 amide bonds. The summed E-state index contributed by atoms with van der Waals surface area (Å²) in [5.74, 6) is 0.334. The van der Waals surface area contributed by atoms with E-state index in [0.29, 0.717) is 18.5 Å². The van der Waals surface area contributed by atoms with E-state index in [2.05, 4.69) is 22.0 Å². The van der Waals surface area contributed by atoms with Gasteiger partial charge in [-0.15, -0.1) is 12.4 Å². The van der Waals surface area contributed by atoms with Crippen molar-refractivity contribution in [1.82, 2.24) is 15.1 Å². The number of piperazine rings is 1. The van der Waals surface area contributed by atoms with Gasteiger partial charge in [0.05, 0.1) is 6.54 Å². The number of nitrogens with zero attached hydrogens (tertiary/aromatic N) is 2. The lowest BCUT2D eigenvalue weighted by Crippen LogP contribution is -2.53. The molecule has 2 aliphatic heterocycles. The summed E-state index contributed by atoms with van der Waals surface area (Å²) in [5, 5.41) is 3.36. The summed E-state index contributed by atoms with van der Waals surface area (Å²) < 4.78 is 0. The van der Waals surface area contributed by atoms with Crippen molar-refractivity contribution in [2.45, 2.75) is 38.6 Å². The SMILES string of the molecule is CC1CNCCN1CC(=O)N1CCCCCC1.Cl. The van der Waals surface area contributed by atoms with Crippen LogP contribution in [0.15, 0.2) is 0 Å². The fourth-order valence-corrected chi connectivity index (χ4v) is 2.71. The molecule has 1 unspecified atom stereocenters. The fraction of sp³-hybridized carbons (Fsp3) is 0.923. The van der Waals surface area contributed by atoms with Crippen LogP contribution in [0.2, 0.25) is 0 Å². The molecule has 1 atom stereocenters. The minimum atomic E-state index is 0. The molecule has 0 aliphatic carbocycles. The van der Waals surface area contributed by atoms with Crippen LogP contribution in [0.3, 0.4) is 0 Å². The van der Waals surface area contributed by atoms with Gasteiger partial charge in [-0.25, -0.2) is 0 Å². The molecule has 0 radical (unpaired) electrons. The smallest absolute Gasteiger partial charge is 0.236 e. The third-order valence-corrected chi connectivity index (χ3v) is 3.94. The largest absolute Gasteiger partial charge is 0.342 e. The number of carbonyl (C=O) groups is 1. The number of hydrogen-bond acceptors (Lipinski definition) is 3. The van der Waals surface area contributed by atoms with Gasteiger partial charge in [0.25, 0.3) is 0 Å². The summed E-state index contributed by atoms with van der Waals surface area (Å²) in [6, 6.07) is 0.486. The van der Waals surface area contributed by atoms with Crippen molar-refractivity contribution in [2.24, 2.45) is 0 Å². The molecule has 106 valence electrons. The van der Waals surface area contributed by atoms with Crippen LogP contribution in [-0.2, 0) is 4.79 Å². The van der Waals surface area contributed by atoms with Crippen LogP contribution in [0.5, 0.6) is 0 Å². The fourth-order valence-electron chi connectivity index (χ4n) is 2.71. The quantitative estimate of drug-likeness (QED) is 0.820. The van der Waals surface area contributed by atoms with Gasteiger partial charge in [-0.05, 0) is 19.8 Å².